The Morgan fingerprint density at radius 2 is 1.62 bits per heavy atom. The molecule has 0 unspecified atom stereocenters. The SMILES string of the molecule is COc1ccc(S(=O)(=O)N(Cc2ccccc2)c2ccccc2C(=O)N/N=C/c2cccc(C)c2)cc1. The van der Waals surface area contributed by atoms with Gasteiger partial charge in [-0.05, 0) is 54.4 Å². The molecular weight excluding hydrogens is 486 g/mol. The fraction of sp³-hybridized carbons (Fsp3) is 0.103. The first-order valence-electron chi connectivity index (χ1n) is 11.6. The van der Waals surface area contributed by atoms with E-state index in [1.54, 1.807) is 42.6 Å². The number of nitrogens with one attached hydrogen (secondary N) is 1. The molecule has 7 nitrogen and oxygen atoms in total. The van der Waals surface area contributed by atoms with Crippen LogP contribution in [0.1, 0.15) is 27.0 Å². The van der Waals surface area contributed by atoms with Gasteiger partial charge in [0.15, 0.2) is 0 Å². The van der Waals surface area contributed by atoms with Gasteiger partial charge in [0.1, 0.15) is 5.75 Å². The lowest BCUT2D eigenvalue weighted by Gasteiger charge is -2.26. The molecule has 0 spiro atoms. The number of benzene rings is 4. The van der Waals surface area contributed by atoms with E-state index in [0.29, 0.717) is 5.75 Å². The van der Waals surface area contributed by atoms with Crippen LogP contribution in [0.3, 0.4) is 0 Å². The Morgan fingerprint density at radius 3 is 2.32 bits per heavy atom. The van der Waals surface area contributed by atoms with Crippen LogP contribution in [0.2, 0.25) is 0 Å². The quantitative estimate of drug-likeness (QED) is 0.247. The van der Waals surface area contributed by atoms with Gasteiger partial charge in [0.2, 0.25) is 0 Å². The normalized spacial score (nSPS) is 11.3. The summed E-state index contributed by atoms with van der Waals surface area (Å²) in [5.41, 5.74) is 5.62. The van der Waals surface area contributed by atoms with Gasteiger partial charge in [-0.15, -0.1) is 0 Å². The third-order valence-corrected chi connectivity index (χ3v) is 7.43. The van der Waals surface area contributed by atoms with Crippen LogP contribution < -0.4 is 14.5 Å². The van der Waals surface area contributed by atoms with Crippen molar-refractivity contribution < 1.29 is 17.9 Å². The minimum Gasteiger partial charge on any atom is -0.497 e. The van der Waals surface area contributed by atoms with Gasteiger partial charge < -0.3 is 4.74 Å². The molecule has 0 bridgehead atoms. The summed E-state index contributed by atoms with van der Waals surface area (Å²) in [5, 5.41) is 4.08. The lowest BCUT2D eigenvalue weighted by atomic mass is 10.1. The van der Waals surface area contributed by atoms with Crippen molar-refractivity contribution in [3.63, 3.8) is 0 Å². The summed E-state index contributed by atoms with van der Waals surface area (Å²) in [5.74, 6) is 0.0160. The summed E-state index contributed by atoms with van der Waals surface area (Å²) in [4.78, 5) is 13.2. The fourth-order valence-electron chi connectivity index (χ4n) is 3.78. The van der Waals surface area contributed by atoms with E-state index in [0.717, 1.165) is 16.7 Å². The molecule has 4 rings (SSSR count). The molecular formula is C29H27N3O4S. The van der Waals surface area contributed by atoms with Crippen LogP contribution in [0.25, 0.3) is 0 Å². The maximum absolute atomic E-state index is 13.9. The van der Waals surface area contributed by atoms with Gasteiger partial charge in [0, 0.05) is 0 Å². The smallest absolute Gasteiger partial charge is 0.273 e. The molecule has 0 atom stereocenters. The molecule has 8 heteroatoms. The number of carbonyl (C=O) groups is 1. The highest BCUT2D eigenvalue weighted by atomic mass is 32.2. The highest BCUT2D eigenvalue weighted by molar-refractivity contribution is 7.92. The van der Waals surface area contributed by atoms with E-state index in [-0.39, 0.29) is 22.7 Å². The molecule has 37 heavy (non-hydrogen) atoms. The van der Waals surface area contributed by atoms with Gasteiger partial charge in [-0.3, -0.25) is 9.10 Å². The van der Waals surface area contributed by atoms with Crippen molar-refractivity contribution >= 4 is 27.8 Å². The molecule has 4 aromatic carbocycles. The maximum Gasteiger partial charge on any atom is 0.273 e. The molecule has 188 valence electrons. The second-order valence-corrected chi connectivity index (χ2v) is 10.2. The summed E-state index contributed by atoms with van der Waals surface area (Å²) < 4.78 is 34.1. The highest BCUT2D eigenvalue weighted by Gasteiger charge is 2.28. The molecule has 0 saturated carbocycles. The lowest BCUT2D eigenvalue weighted by Crippen LogP contribution is -2.33. The number of sulfonamides is 1. The Kier molecular flexibility index (Phi) is 8.00. The third kappa shape index (κ3) is 6.23. The van der Waals surface area contributed by atoms with Crippen LogP contribution in [-0.4, -0.2) is 27.6 Å². The molecule has 0 aliphatic carbocycles. The van der Waals surface area contributed by atoms with Gasteiger partial charge in [0.25, 0.3) is 15.9 Å². The average Bonchev–Trinajstić information content (AvgIpc) is 2.92. The molecule has 0 fully saturated rings. The standard InChI is InChI=1S/C29H27N3O4S/c1-22-9-8-12-24(19-22)20-30-31-29(33)27-13-6-7-14-28(27)32(21-23-10-4-3-5-11-23)37(34,35)26-17-15-25(36-2)16-18-26/h3-20H,21H2,1-2H3,(H,31,33)/b30-20+. The van der Waals surface area contributed by atoms with Gasteiger partial charge >= 0.3 is 0 Å². The van der Waals surface area contributed by atoms with Crippen LogP contribution >= 0.6 is 0 Å². The summed E-state index contributed by atoms with van der Waals surface area (Å²) in [6, 6.07) is 29.6. The second-order valence-electron chi connectivity index (χ2n) is 8.30. The summed E-state index contributed by atoms with van der Waals surface area (Å²) in [6.45, 7) is 2.00. The number of ether oxygens (including phenoxy) is 1. The Labute approximate surface area is 217 Å². The highest BCUT2D eigenvalue weighted by Crippen LogP contribution is 2.30. The summed E-state index contributed by atoms with van der Waals surface area (Å²) in [7, 11) is -2.53. The van der Waals surface area contributed by atoms with Crippen molar-refractivity contribution in [1.29, 1.82) is 0 Å². The van der Waals surface area contributed by atoms with E-state index >= 15 is 0 Å². The monoisotopic (exact) mass is 513 g/mol. The van der Waals surface area contributed by atoms with Crippen molar-refractivity contribution in [3.8, 4) is 5.75 Å². The van der Waals surface area contributed by atoms with E-state index in [2.05, 4.69) is 10.5 Å². The Balaban J connectivity index is 1.70. The van der Waals surface area contributed by atoms with Crippen LogP contribution in [-0.2, 0) is 16.6 Å². The van der Waals surface area contributed by atoms with E-state index in [1.807, 2.05) is 61.5 Å². The van der Waals surface area contributed by atoms with Crippen LogP contribution in [0.4, 0.5) is 5.69 Å². The number of hydrogen-bond acceptors (Lipinski definition) is 5. The largest absolute Gasteiger partial charge is 0.497 e. The summed E-state index contributed by atoms with van der Waals surface area (Å²) >= 11 is 0. The number of aryl methyl sites for hydroxylation is 1. The van der Waals surface area contributed by atoms with Gasteiger partial charge in [-0.25, -0.2) is 13.8 Å². The third-order valence-electron chi connectivity index (χ3n) is 5.66. The number of hydrogen-bond donors (Lipinski definition) is 1. The fourth-order valence-corrected chi connectivity index (χ4v) is 5.25. The molecule has 1 N–H and O–H groups in total. The lowest BCUT2D eigenvalue weighted by molar-refractivity contribution is 0.0955. The molecule has 1 amide bonds. The molecule has 0 radical (unpaired) electrons. The summed E-state index contributed by atoms with van der Waals surface area (Å²) in [6.07, 6.45) is 1.54. The number of anilines is 1. The van der Waals surface area contributed by atoms with Crippen LogP contribution in [0.15, 0.2) is 113 Å². The van der Waals surface area contributed by atoms with E-state index in [1.165, 1.54) is 23.5 Å². The Hall–Kier alpha value is -4.43. The number of para-hydroxylation sites is 1. The minimum atomic E-state index is -4.04. The zero-order chi connectivity index (χ0) is 26.3. The Bertz CT molecular complexity index is 1500. The van der Waals surface area contributed by atoms with Crippen molar-refractivity contribution in [2.45, 2.75) is 18.4 Å². The zero-order valence-corrected chi connectivity index (χ0v) is 21.4. The van der Waals surface area contributed by atoms with Gasteiger partial charge in [0.05, 0.1) is 36.0 Å². The van der Waals surface area contributed by atoms with Crippen molar-refractivity contribution in [2.24, 2.45) is 5.10 Å². The van der Waals surface area contributed by atoms with Gasteiger partial charge in [-0.1, -0.05) is 72.3 Å². The number of amides is 1. The molecule has 4 aromatic rings. The first-order chi connectivity index (χ1) is 17.9. The first kappa shape index (κ1) is 25.7. The topological polar surface area (TPSA) is 88.1 Å². The maximum atomic E-state index is 13.9. The second kappa shape index (κ2) is 11.5. The van der Waals surface area contributed by atoms with E-state index in [9.17, 15) is 13.2 Å². The predicted octanol–water partition coefficient (Wildman–Crippen LogP) is 5.16. The molecule has 0 heterocycles. The number of methoxy groups -OCH3 is 1. The number of nitrogens with zero attached hydrogens (tertiary/aromatic N) is 2. The van der Waals surface area contributed by atoms with Crippen molar-refractivity contribution in [1.82, 2.24) is 5.43 Å². The minimum absolute atomic E-state index is 0.0338. The number of hydrazone groups is 1. The van der Waals surface area contributed by atoms with Gasteiger partial charge in [-0.2, -0.15) is 5.10 Å². The molecule has 0 aliphatic rings. The van der Waals surface area contributed by atoms with Crippen LogP contribution in [0, 0.1) is 6.92 Å². The number of carbonyl (C=O) groups excluding carboxylic acids is 1. The van der Waals surface area contributed by atoms with Crippen molar-refractivity contribution in [2.75, 3.05) is 11.4 Å². The Morgan fingerprint density at radius 1 is 0.919 bits per heavy atom. The van der Waals surface area contributed by atoms with E-state index < -0.39 is 15.9 Å². The van der Waals surface area contributed by atoms with Crippen molar-refractivity contribution in [3.05, 3.63) is 125 Å². The van der Waals surface area contributed by atoms with E-state index in [4.69, 9.17) is 4.74 Å². The zero-order valence-electron chi connectivity index (χ0n) is 20.5. The molecule has 0 aromatic heterocycles. The van der Waals surface area contributed by atoms with Crippen LogP contribution in [0.5, 0.6) is 5.75 Å². The predicted molar refractivity (Wildman–Crippen MR) is 145 cm³/mol. The molecule has 0 aliphatic heterocycles. The molecule has 0 saturated heterocycles. The first-order valence-corrected chi connectivity index (χ1v) is 13.0. The average molecular weight is 514 g/mol. The number of rotatable bonds is 9.